The van der Waals surface area contributed by atoms with E-state index in [1.807, 2.05) is 6.07 Å². The topological polar surface area (TPSA) is 135 Å². The second kappa shape index (κ2) is 12.3. The third-order valence-corrected chi connectivity index (χ3v) is 3.83. The van der Waals surface area contributed by atoms with Gasteiger partial charge in [0.15, 0.2) is 0 Å². The highest BCUT2D eigenvalue weighted by Crippen LogP contribution is 2.13. The first-order valence-corrected chi connectivity index (χ1v) is 9.02. The molecule has 0 aliphatic carbocycles. The molecule has 1 heterocycles. The number of carboxylic acids is 1. The molecule has 2 aromatic rings. The minimum atomic E-state index is -1.01. The van der Waals surface area contributed by atoms with E-state index in [4.69, 9.17) is 11.5 Å². The van der Waals surface area contributed by atoms with Crippen molar-refractivity contribution in [3.05, 3.63) is 53.3 Å². The maximum absolute atomic E-state index is 12.7. The Balaban J connectivity index is 0.000000295. The molecule has 0 unspecified atom stereocenters. The summed E-state index contributed by atoms with van der Waals surface area (Å²) in [5.41, 5.74) is 13.3. The number of unbranched alkanes of at least 4 members (excludes halogenated alkanes) is 2. The molecule has 1 aromatic carbocycles. The van der Waals surface area contributed by atoms with E-state index in [0.717, 1.165) is 24.0 Å². The van der Waals surface area contributed by atoms with Crippen LogP contribution in [0.1, 0.15) is 43.7 Å². The van der Waals surface area contributed by atoms with Gasteiger partial charge >= 0.3 is 0 Å². The van der Waals surface area contributed by atoms with Gasteiger partial charge in [0.05, 0.1) is 0 Å². The maximum Gasteiger partial charge on any atom is 0.220 e. The van der Waals surface area contributed by atoms with Gasteiger partial charge < -0.3 is 26.7 Å². The number of rotatable bonds is 8. The Hall–Kier alpha value is -3.16. The zero-order chi connectivity index (χ0) is 20.9. The van der Waals surface area contributed by atoms with Crippen LogP contribution in [-0.4, -0.2) is 18.4 Å². The Morgan fingerprint density at radius 1 is 1.07 bits per heavy atom. The van der Waals surface area contributed by atoms with Gasteiger partial charge in [-0.25, -0.2) is 9.37 Å². The first kappa shape index (κ1) is 22.9. The Morgan fingerprint density at radius 2 is 1.75 bits per heavy atom. The van der Waals surface area contributed by atoms with E-state index in [9.17, 15) is 19.1 Å². The van der Waals surface area contributed by atoms with Crippen molar-refractivity contribution in [2.24, 2.45) is 0 Å². The van der Waals surface area contributed by atoms with E-state index >= 15 is 0 Å². The molecule has 152 valence electrons. The monoisotopic (exact) mass is 390 g/mol. The highest BCUT2D eigenvalue weighted by Gasteiger charge is 2.05. The highest BCUT2D eigenvalue weighted by atomic mass is 19.1. The number of carboxylic acid groups (broad SMARTS) is 1. The molecule has 1 amide bonds. The summed E-state index contributed by atoms with van der Waals surface area (Å²) in [5, 5.41) is 12.6. The first-order chi connectivity index (χ1) is 13.3. The number of H-pyrrole nitrogens is 1. The molecule has 0 saturated heterocycles. The Kier molecular flexibility index (Phi) is 10.0. The van der Waals surface area contributed by atoms with Gasteiger partial charge in [-0.1, -0.05) is 18.6 Å². The molecule has 0 fully saturated rings. The summed E-state index contributed by atoms with van der Waals surface area (Å²) in [6.45, 7) is 2.09. The van der Waals surface area contributed by atoms with E-state index in [1.54, 1.807) is 18.2 Å². The van der Waals surface area contributed by atoms with Crippen LogP contribution in [-0.2, 0) is 16.0 Å². The van der Waals surface area contributed by atoms with Crippen LogP contribution in [0.4, 0.5) is 16.0 Å². The zero-order valence-electron chi connectivity index (χ0n) is 16.0. The van der Waals surface area contributed by atoms with Crippen LogP contribution in [0.3, 0.4) is 0 Å². The predicted octanol–water partition coefficient (Wildman–Crippen LogP) is 0.828. The molecular formula is C20H27FN4O3. The van der Waals surface area contributed by atoms with Crippen molar-refractivity contribution < 1.29 is 24.1 Å². The molecule has 0 bridgehead atoms. The summed E-state index contributed by atoms with van der Waals surface area (Å²) < 4.78 is 12.7. The molecular weight excluding hydrogens is 363 g/mol. The average molecular weight is 390 g/mol. The summed E-state index contributed by atoms with van der Waals surface area (Å²) in [6.07, 6.45) is 3.03. The van der Waals surface area contributed by atoms with Crippen LogP contribution in [0.2, 0.25) is 0 Å². The summed E-state index contributed by atoms with van der Waals surface area (Å²) >= 11 is 0. The van der Waals surface area contributed by atoms with E-state index in [-0.39, 0.29) is 18.1 Å². The van der Waals surface area contributed by atoms with Crippen LogP contribution >= 0.6 is 0 Å². The van der Waals surface area contributed by atoms with Gasteiger partial charge in [0, 0.05) is 37.5 Å². The number of aromatic nitrogens is 1. The molecule has 1 aromatic heterocycles. The number of pyridine rings is 1. The van der Waals surface area contributed by atoms with Crippen LogP contribution in [0.5, 0.6) is 0 Å². The van der Waals surface area contributed by atoms with Gasteiger partial charge in [0.2, 0.25) is 17.5 Å². The van der Waals surface area contributed by atoms with Crippen molar-refractivity contribution in [3.63, 3.8) is 0 Å². The van der Waals surface area contributed by atoms with E-state index in [0.29, 0.717) is 31.0 Å². The van der Waals surface area contributed by atoms with Crippen LogP contribution in [0, 0.1) is 5.82 Å². The molecule has 7 nitrogen and oxygen atoms in total. The number of halogens is 1. The number of hydrogen-bond donors (Lipinski definition) is 3. The summed E-state index contributed by atoms with van der Waals surface area (Å²) in [6, 6.07) is 9.98. The number of aliphatic carboxylic acids is 1. The number of anilines is 2. The van der Waals surface area contributed by atoms with Crippen LogP contribution < -0.4 is 26.9 Å². The van der Waals surface area contributed by atoms with Crippen molar-refractivity contribution in [1.82, 2.24) is 5.32 Å². The normalized spacial score (nSPS) is 9.93. The molecule has 0 aliphatic rings. The Labute approximate surface area is 164 Å². The molecule has 0 saturated carbocycles. The molecule has 6 N–H and O–H groups in total. The fourth-order valence-electron chi connectivity index (χ4n) is 2.37. The lowest BCUT2D eigenvalue weighted by Gasteiger charge is -2.03. The third kappa shape index (κ3) is 10.1. The van der Waals surface area contributed by atoms with Gasteiger partial charge in [-0.2, -0.15) is 0 Å². The van der Waals surface area contributed by atoms with Crippen LogP contribution in [0.25, 0.3) is 0 Å². The van der Waals surface area contributed by atoms with E-state index in [2.05, 4.69) is 10.3 Å². The lowest BCUT2D eigenvalue weighted by Crippen LogP contribution is -2.22. The number of hydrogen-bond acceptors (Lipinski definition) is 5. The molecule has 0 radical (unpaired) electrons. The quantitative estimate of drug-likeness (QED) is 0.574. The fraction of sp³-hybridized carbons (Fsp3) is 0.350. The number of aromatic amines is 1. The summed E-state index contributed by atoms with van der Waals surface area (Å²) in [7, 11) is 0. The van der Waals surface area contributed by atoms with Crippen molar-refractivity contribution >= 4 is 23.5 Å². The fourth-order valence-corrected chi connectivity index (χ4v) is 2.37. The second-order valence-corrected chi connectivity index (χ2v) is 6.32. The van der Waals surface area contributed by atoms with Crippen LogP contribution in [0.15, 0.2) is 36.4 Å². The lowest BCUT2D eigenvalue weighted by molar-refractivity contribution is -0.343. The molecule has 0 aliphatic heterocycles. The van der Waals surface area contributed by atoms with Crippen molar-refractivity contribution in [3.8, 4) is 0 Å². The number of nitrogen functional groups attached to an aromatic ring is 2. The van der Waals surface area contributed by atoms with Gasteiger partial charge in [0.1, 0.15) is 5.82 Å². The molecule has 2 rings (SSSR count). The van der Waals surface area contributed by atoms with Gasteiger partial charge in [-0.05, 0) is 43.0 Å². The van der Waals surface area contributed by atoms with E-state index in [1.165, 1.54) is 19.1 Å². The number of carbonyl (C=O) groups excluding carboxylic acids is 2. The number of amides is 1. The average Bonchev–Trinajstić information content (AvgIpc) is 2.62. The largest absolute Gasteiger partial charge is 0.550 e. The minimum Gasteiger partial charge on any atom is -0.550 e. The number of nitrogens with two attached hydrogens (primary N) is 2. The smallest absolute Gasteiger partial charge is 0.220 e. The standard InChI is InChI=1S/C12H12FN3.C8H15NO3/c13-10-4-1-8(2-5-10)7-9-3-6-11(14)16-12(9)15;1-7(10)9-6-4-2-3-5-8(11)12/h1-6H,7H2,(H4,14,15,16);2-6H2,1H3,(H,9,10)(H,11,12). The highest BCUT2D eigenvalue weighted by molar-refractivity contribution is 5.72. The third-order valence-electron chi connectivity index (χ3n) is 3.83. The minimum absolute atomic E-state index is 0.0464. The van der Waals surface area contributed by atoms with Crippen molar-refractivity contribution in [2.75, 3.05) is 18.0 Å². The van der Waals surface area contributed by atoms with Gasteiger partial charge in [0.25, 0.3) is 0 Å². The van der Waals surface area contributed by atoms with Crippen molar-refractivity contribution in [1.29, 1.82) is 0 Å². The number of benzene rings is 1. The summed E-state index contributed by atoms with van der Waals surface area (Å²) in [5.74, 6) is -0.213. The van der Waals surface area contributed by atoms with Crippen molar-refractivity contribution in [2.45, 2.75) is 39.0 Å². The second-order valence-electron chi connectivity index (χ2n) is 6.32. The lowest BCUT2D eigenvalue weighted by atomic mass is 10.1. The Morgan fingerprint density at radius 3 is 2.32 bits per heavy atom. The van der Waals surface area contributed by atoms with Gasteiger partial charge in [-0.3, -0.25) is 4.79 Å². The molecule has 0 spiro atoms. The SMILES string of the molecule is CC(=O)NCCCCCC(=O)[O-].Nc1ccc(Cc2ccc(F)cc2)c(N)[nH+]1. The molecule has 28 heavy (non-hydrogen) atoms. The van der Waals surface area contributed by atoms with Gasteiger partial charge in [-0.15, -0.1) is 0 Å². The number of carbonyl (C=O) groups is 2. The first-order valence-electron chi connectivity index (χ1n) is 9.02. The van der Waals surface area contributed by atoms with E-state index < -0.39 is 5.97 Å². The Bertz CT molecular complexity index is 749. The molecule has 8 heteroatoms. The zero-order valence-corrected chi connectivity index (χ0v) is 16.0. The number of nitrogens with one attached hydrogen (secondary N) is 2. The summed E-state index contributed by atoms with van der Waals surface area (Å²) in [4.78, 5) is 23.2. The maximum atomic E-state index is 12.7. The predicted molar refractivity (Wildman–Crippen MR) is 103 cm³/mol. The molecule has 0 atom stereocenters.